The van der Waals surface area contributed by atoms with Crippen LogP contribution in [0.3, 0.4) is 0 Å². The Labute approximate surface area is 114 Å². The van der Waals surface area contributed by atoms with Gasteiger partial charge >= 0.3 is 0 Å². The van der Waals surface area contributed by atoms with E-state index in [1.165, 1.54) is 45.6 Å². The molecular formula is C15H33N3. The van der Waals surface area contributed by atoms with Crippen molar-refractivity contribution in [3.05, 3.63) is 0 Å². The van der Waals surface area contributed by atoms with Crippen molar-refractivity contribution in [1.82, 2.24) is 14.7 Å². The van der Waals surface area contributed by atoms with Gasteiger partial charge in [0.25, 0.3) is 0 Å². The Bertz CT molecular complexity index is 234. The molecule has 0 aliphatic carbocycles. The van der Waals surface area contributed by atoms with Gasteiger partial charge in [-0.2, -0.15) is 0 Å². The van der Waals surface area contributed by atoms with Gasteiger partial charge in [-0.15, -0.1) is 0 Å². The summed E-state index contributed by atoms with van der Waals surface area (Å²) in [5.74, 6) is 0. The van der Waals surface area contributed by atoms with Gasteiger partial charge in [-0.3, -0.25) is 4.90 Å². The van der Waals surface area contributed by atoms with Gasteiger partial charge in [-0.05, 0) is 53.9 Å². The molecule has 2 saturated heterocycles. The van der Waals surface area contributed by atoms with Crippen molar-refractivity contribution in [1.29, 1.82) is 0 Å². The minimum atomic E-state index is 0.460. The van der Waals surface area contributed by atoms with Crippen molar-refractivity contribution in [2.45, 2.75) is 52.1 Å². The molecule has 3 nitrogen and oxygen atoms in total. The molecule has 0 aromatic heterocycles. The number of hydrogen-bond donors (Lipinski definition) is 0. The standard InChI is InChI=1S/C13H27N3.C2H6/c1-12-11-16(10-9-15(12)4)13(2)5-7-14(3)8-6-13;1-2/h12H,5-11H2,1-4H3;1-2H3. The van der Waals surface area contributed by atoms with Crippen LogP contribution in [0.5, 0.6) is 0 Å². The van der Waals surface area contributed by atoms with Crippen LogP contribution in [0, 0.1) is 0 Å². The highest BCUT2D eigenvalue weighted by molar-refractivity contribution is 4.94. The molecule has 0 spiro atoms. The Morgan fingerprint density at radius 1 is 0.944 bits per heavy atom. The lowest BCUT2D eigenvalue weighted by Gasteiger charge is -2.50. The molecule has 0 amide bonds. The molecule has 108 valence electrons. The van der Waals surface area contributed by atoms with Crippen molar-refractivity contribution in [3.8, 4) is 0 Å². The van der Waals surface area contributed by atoms with E-state index in [0.29, 0.717) is 11.6 Å². The van der Waals surface area contributed by atoms with Crippen molar-refractivity contribution in [2.24, 2.45) is 0 Å². The molecular weight excluding hydrogens is 222 g/mol. The largest absolute Gasteiger partial charge is 0.306 e. The highest BCUT2D eigenvalue weighted by atomic mass is 15.3. The summed E-state index contributed by atoms with van der Waals surface area (Å²) in [4.78, 5) is 7.68. The van der Waals surface area contributed by atoms with Crippen LogP contribution >= 0.6 is 0 Å². The summed E-state index contributed by atoms with van der Waals surface area (Å²) in [5.41, 5.74) is 0.460. The third kappa shape index (κ3) is 3.69. The Morgan fingerprint density at radius 3 is 2.00 bits per heavy atom. The van der Waals surface area contributed by atoms with Crippen LogP contribution in [0.15, 0.2) is 0 Å². The first-order valence-electron chi connectivity index (χ1n) is 7.65. The highest BCUT2D eigenvalue weighted by Crippen LogP contribution is 2.29. The third-order valence-corrected chi connectivity index (χ3v) is 4.79. The molecule has 1 unspecified atom stereocenters. The van der Waals surface area contributed by atoms with Crippen LogP contribution < -0.4 is 0 Å². The SMILES string of the molecule is CC.CC1CN(C2(C)CCN(C)CC2)CCN1C. The second-order valence-electron chi connectivity index (χ2n) is 6.08. The fourth-order valence-electron chi connectivity index (χ4n) is 2.96. The summed E-state index contributed by atoms with van der Waals surface area (Å²) in [7, 11) is 4.49. The van der Waals surface area contributed by atoms with E-state index < -0.39 is 0 Å². The van der Waals surface area contributed by atoms with Gasteiger partial charge in [0, 0.05) is 31.2 Å². The van der Waals surface area contributed by atoms with Gasteiger partial charge in [0.05, 0.1) is 0 Å². The zero-order valence-electron chi connectivity index (χ0n) is 13.4. The van der Waals surface area contributed by atoms with Crippen molar-refractivity contribution < 1.29 is 0 Å². The summed E-state index contributed by atoms with van der Waals surface area (Å²) in [5, 5.41) is 0. The fourth-order valence-corrected chi connectivity index (χ4v) is 2.96. The lowest BCUT2D eigenvalue weighted by molar-refractivity contribution is -0.00875. The van der Waals surface area contributed by atoms with E-state index in [-0.39, 0.29) is 0 Å². The third-order valence-electron chi connectivity index (χ3n) is 4.79. The normalized spacial score (nSPS) is 30.7. The van der Waals surface area contributed by atoms with E-state index in [9.17, 15) is 0 Å². The molecule has 2 rings (SSSR count). The van der Waals surface area contributed by atoms with E-state index in [1.807, 2.05) is 13.8 Å². The first-order valence-corrected chi connectivity index (χ1v) is 7.65. The lowest BCUT2D eigenvalue weighted by atomic mass is 9.87. The molecule has 0 N–H and O–H groups in total. The zero-order chi connectivity index (χ0) is 13.8. The van der Waals surface area contributed by atoms with E-state index in [0.717, 1.165) is 0 Å². The molecule has 2 fully saturated rings. The van der Waals surface area contributed by atoms with E-state index in [2.05, 4.69) is 42.6 Å². The first kappa shape index (κ1) is 15.9. The Balaban J connectivity index is 0.000000771. The van der Waals surface area contributed by atoms with E-state index in [1.54, 1.807) is 0 Å². The molecule has 0 bridgehead atoms. The topological polar surface area (TPSA) is 9.72 Å². The predicted octanol–water partition coefficient (Wildman–Crippen LogP) is 2.13. The summed E-state index contributed by atoms with van der Waals surface area (Å²) >= 11 is 0. The fraction of sp³-hybridized carbons (Fsp3) is 1.00. The van der Waals surface area contributed by atoms with Crippen molar-refractivity contribution in [3.63, 3.8) is 0 Å². The number of hydrogen-bond acceptors (Lipinski definition) is 3. The van der Waals surface area contributed by atoms with Crippen LogP contribution in [0.2, 0.25) is 0 Å². The van der Waals surface area contributed by atoms with Crippen LogP contribution in [-0.4, -0.2) is 73.1 Å². The Morgan fingerprint density at radius 2 is 1.50 bits per heavy atom. The van der Waals surface area contributed by atoms with Crippen molar-refractivity contribution >= 4 is 0 Å². The van der Waals surface area contributed by atoms with Gasteiger partial charge in [0.2, 0.25) is 0 Å². The van der Waals surface area contributed by atoms with Gasteiger partial charge in [0.1, 0.15) is 0 Å². The zero-order valence-corrected chi connectivity index (χ0v) is 13.4. The number of likely N-dealkylation sites (tertiary alicyclic amines) is 1. The minimum Gasteiger partial charge on any atom is -0.306 e. The smallest absolute Gasteiger partial charge is 0.0206 e. The second kappa shape index (κ2) is 6.88. The van der Waals surface area contributed by atoms with E-state index in [4.69, 9.17) is 0 Å². The van der Waals surface area contributed by atoms with Crippen molar-refractivity contribution in [2.75, 3.05) is 46.8 Å². The van der Waals surface area contributed by atoms with E-state index >= 15 is 0 Å². The molecule has 3 heteroatoms. The highest BCUT2D eigenvalue weighted by Gasteiger charge is 2.37. The number of nitrogens with zero attached hydrogens (tertiary/aromatic N) is 3. The quantitative estimate of drug-likeness (QED) is 0.711. The minimum absolute atomic E-state index is 0.460. The molecule has 0 radical (unpaired) electrons. The number of likely N-dealkylation sites (N-methyl/N-ethyl adjacent to an activating group) is 1. The van der Waals surface area contributed by atoms with Crippen LogP contribution in [0.1, 0.15) is 40.5 Å². The van der Waals surface area contributed by atoms with Crippen LogP contribution in [0.4, 0.5) is 0 Å². The van der Waals surface area contributed by atoms with Gasteiger partial charge in [0.15, 0.2) is 0 Å². The summed E-state index contributed by atoms with van der Waals surface area (Å²) in [6.07, 6.45) is 2.67. The molecule has 2 aliphatic rings. The van der Waals surface area contributed by atoms with Gasteiger partial charge in [-0.1, -0.05) is 13.8 Å². The maximum absolute atomic E-state index is 2.74. The van der Waals surface area contributed by atoms with Gasteiger partial charge < -0.3 is 9.80 Å². The lowest BCUT2D eigenvalue weighted by Crippen LogP contribution is -2.60. The Kier molecular flexibility index (Phi) is 6.09. The average Bonchev–Trinajstić information content (AvgIpc) is 2.39. The second-order valence-corrected chi connectivity index (χ2v) is 6.08. The monoisotopic (exact) mass is 255 g/mol. The maximum atomic E-state index is 2.74. The first-order chi connectivity index (χ1) is 8.51. The molecule has 2 aliphatic heterocycles. The number of piperazine rings is 1. The molecule has 18 heavy (non-hydrogen) atoms. The van der Waals surface area contributed by atoms with Crippen LogP contribution in [-0.2, 0) is 0 Å². The molecule has 0 aromatic rings. The maximum Gasteiger partial charge on any atom is 0.0206 e. The summed E-state index contributed by atoms with van der Waals surface area (Å²) in [6, 6.07) is 0.713. The molecule has 2 heterocycles. The summed E-state index contributed by atoms with van der Waals surface area (Å²) < 4.78 is 0. The molecule has 1 atom stereocenters. The molecule has 0 saturated carbocycles. The summed E-state index contributed by atoms with van der Waals surface area (Å²) in [6.45, 7) is 15.1. The predicted molar refractivity (Wildman–Crippen MR) is 80.1 cm³/mol. The number of rotatable bonds is 1. The van der Waals surface area contributed by atoms with Crippen LogP contribution in [0.25, 0.3) is 0 Å². The number of piperidine rings is 1. The molecule has 0 aromatic carbocycles. The Hall–Kier alpha value is -0.120. The average molecular weight is 255 g/mol. The van der Waals surface area contributed by atoms with Gasteiger partial charge in [-0.25, -0.2) is 0 Å².